The fourth-order valence-corrected chi connectivity index (χ4v) is 2.16. The van der Waals surface area contributed by atoms with Gasteiger partial charge in [-0.3, -0.25) is 4.79 Å². The number of anilines is 1. The molecule has 0 unspecified atom stereocenters. The van der Waals surface area contributed by atoms with Crippen LogP contribution in [0.1, 0.15) is 28.4 Å². The second-order valence-electron chi connectivity index (χ2n) is 5.08. The van der Waals surface area contributed by atoms with Crippen molar-refractivity contribution in [3.8, 4) is 5.75 Å². The number of amides is 1. The minimum atomic E-state index is -0.171. The van der Waals surface area contributed by atoms with Crippen LogP contribution in [0.5, 0.6) is 5.75 Å². The monoisotopic (exact) mass is 284 g/mol. The Bertz CT molecular complexity index is 636. The van der Waals surface area contributed by atoms with Crippen molar-refractivity contribution in [3.05, 3.63) is 59.2 Å². The molecule has 2 rings (SSSR count). The summed E-state index contributed by atoms with van der Waals surface area (Å²) < 4.78 is 0. The van der Waals surface area contributed by atoms with Crippen LogP contribution in [0.2, 0.25) is 0 Å². The van der Waals surface area contributed by atoms with Crippen molar-refractivity contribution in [1.82, 2.24) is 4.90 Å². The van der Waals surface area contributed by atoms with Gasteiger partial charge in [-0.25, -0.2) is 0 Å². The summed E-state index contributed by atoms with van der Waals surface area (Å²) in [6.45, 7) is 4.87. The Morgan fingerprint density at radius 2 is 1.86 bits per heavy atom. The number of aryl methyl sites for hydroxylation is 1. The Morgan fingerprint density at radius 1 is 1.19 bits per heavy atom. The topological polar surface area (TPSA) is 66.6 Å². The fraction of sp³-hybridized carbons (Fsp3) is 0.235. The maximum absolute atomic E-state index is 12.6. The van der Waals surface area contributed by atoms with Gasteiger partial charge in [0.2, 0.25) is 0 Å². The van der Waals surface area contributed by atoms with Gasteiger partial charge in [-0.15, -0.1) is 0 Å². The Balaban J connectivity index is 2.22. The van der Waals surface area contributed by atoms with Crippen LogP contribution in [0.15, 0.2) is 42.5 Å². The van der Waals surface area contributed by atoms with Crippen LogP contribution < -0.4 is 5.73 Å². The fourth-order valence-electron chi connectivity index (χ4n) is 2.16. The van der Waals surface area contributed by atoms with Gasteiger partial charge in [0.25, 0.3) is 5.91 Å². The minimum Gasteiger partial charge on any atom is -0.507 e. The van der Waals surface area contributed by atoms with Crippen LogP contribution in [-0.4, -0.2) is 22.5 Å². The molecule has 0 heterocycles. The SMILES string of the molecule is CCN(Cc1ccc(N)cc1)C(=O)c1cc(C)ccc1O. The molecule has 0 radical (unpaired) electrons. The first-order chi connectivity index (χ1) is 10.0. The number of benzene rings is 2. The van der Waals surface area contributed by atoms with Gasteiger partial charge in [-0.05, 0) is 43.7 Å². The highest BCUT2D eigenvalue weighted by molar-refractivity contribution is 5.97. The van der Waals surface area contributed by atoms with Crippen LogP contribution in [-0.2, 0) is 6.54 Å². The van der Waals surface area contributed by atoms with Crippen molar-refractivity contribution in [2.24, 2.45) is 0 Å². The van der Waals surface area contributed by atoms with Crippen LogP contribution in [0, 0.1) is 6.92 Å². The zero-order valence-corrected chi connectivity index (χ0v) is 12.3. The molecule has 3 N–H and O–H groups in total. The van der Waals surface area contributed by atoms with E-state index in [4.69, 9.17) is 5.73 Å². The second-order valence-corrected chi connectivity index (χ2v) is 5.08. The van der Waals surface area contributed by atoms with Gasteiger partial charge in [0.05, 0.1) is 5.56 Å². The number of rotatable bonds is 4. The molecule has 0 bridgehead atoms. The quantitative estimate of drug-likeness (QED) is 0.848. The summed E-state index contributed by atoms with van der Waals surface area (Å²) in [5, 5.41) is 9.89. The average Bonchev–Trinajstić information content (AvgIpc) is 2.48. The number of hydrogen-bond acceptors (Lipinski definition) is 3. The lowest BCUT2D eigenvalue weighted by Gasteiger charge is -2.22. The summed E-state index contributed by atoms with van der Waals surface area (Å²) >= 11 is 0. The highest BCUT2D eigenvalue weighted by Crippen LogP contribution is 2.21. The van der Waals surface area contributed by atoms with Gasteiger partial charge in [-0.2, -0.15) is 0 Å². The third kappa shape index (κ3) is 3.54. The van der Waals surface area contributed by atoms with Crippen molar-refractivity contribution in [1.29, 1.82) is 0 Å². The molecule has 4 heteroatoms. The second kappa shape index (κ2) is 6.31. The third-order valence-electron chi connectivity index (χ3n) is 3.40. The smallest absolute Gasteiger partial charge is 0.257 e. The maximum Gasteiger partial charge on any atom is 0.257 e. The van der Waals surface area contributed by atoms with Gasteiger partial charge < -0.3 is 15.7 Å². The molecule has 21 heavy (non-hydrogen) atoms. The first-order valence-electron chi connectivity index (χ1n) is 6.94. The molecule has 0 aliphatic rings. The summed E-state index contributed by atoms with van der Waals surface area (Å²) in [6.07, 6.45) is 0. The molecule has 110 valence electrons. The molecule has 2 aromatic carbocycles. The predicted octanol–water partition coefficient (Wildman–Crippen LogP) is 2.95. The Labute approximate surface area is 124 Å². The molecule has 0 aliphatic carbocycles. The van der Waals surface area contributed by atoms with E-state index in [9.17, 15) is 9.90 Å². The van der Waals surface area contributed by atoms with Crippen LogP contribution in [0.25, 0.3) is 0 Å². The zero-order valence-electron chi connectivity index (χ0n) is 12.3. The number of phenols is 1. The van der Waals surface area contributed by atoms with Gasteiger partial charge in [0.1, 0.15) is 5.75 Å². The number of nitrogens with zero attached hydrogens (tertiary/aromatic N) is 1. The van der Waals surface area contributed by atoms with Crippen molar-refractivity contribution in [2.45, 2.75) is 20.4 Å². The lowest BCUT2D eigenvalue weighted by atomic mass is 10.1. The van der Waals surface area contributed by atoms with E-state index in [0.29, 0.717) is 24.3 Å². The first kappa shape index (κ1) is 14.9. The molecule has 0 saturated carbocycles. The van der Waals surface area contributed by atoms with Crippen molar-refractivity contribution < 1.29 is 9.90 Å². The van der Waals surface area contributed by atoms with E-state index in [1.165, 1.54) is 0 Å². The number of aromatic hydroxyl groups is 1. The van der Waals surface area contributed by atoms with Crippen LogP contribution in [0.3, 0.4) is 0 Å². The van der Waals surface area contributed by atoms with E-state index in [1.54, 1.807) is 23.1 Å². The average molecular weight is 284 g/mol. The summed E-state index contributed by atoms with van der Waals surface area (Å²) in [6, 6.07) is 12.5. The van der Waals surface area contributed by atoms with Crippen molar-refractivity contribution in [2.75, 3.05) is 12.3 Å². The highest BCUT2D eigenvalue weighted by atomic mass is 16.3. The van der Waals surface area contributed by atoms with Crippen LogP contribution in [0.4, 0.5) is 5.69 Å². The summed E-state index contributed by atoms with van der Waals surface area (Å²) in [5.74, 6) is -0.156. The van der Waals surface area contributed by atoms with Crippen LogP contribution >= 0.6 is 0 Å². The summed E-state index contributed by atoms with van der Waals surface area (Å²) in [5.41, 5.74) is 8.65. The van der Waals surface area contributed by atoms with Gasteiger partial charge >= 0.3 is 0 Å². The number of nitrogens with two attached hydrogens (primary N) is 1. The molecule has 0 atom stereocenters. The van der Waals surface area contributed by atoms with E-state index in [-0.39, 0.29) is 11.7 Å². The van der Waals surface area contributed by atoms with E-state index in [1.807, 2.05) is 38.1 Å². The molecule has 0 aromatic heterocycles. The molecule has 0 spiro atoms. The van der Waals surface area contributed by atoms with E-state index in [2.05, 4.69) is 0 Å². The van der Waals surface area contributed by atoms with E-state index in [0.717, 1.165) is 11.1 Å². The normalized spacial score (nSPS) is 10.4. The maximum atomic E-state index is 12.6. The molecule has 2 aromatic rings. The number of carbonyl (C=O) groups is 1. The number of hydrogen-bond donors (Lipinski definition) is 2. The number of carbonyl (C=O) groups excluding carboxylic acids is 1. The zero-order chi connectivity index (χ0) is 15.4. The summed E-state index contributed by atoms with van der Waals surface area (Å²) in [7, 11) is 0. The van der Waals surface area contributed by atoms with Gasteiger partial charge in [-0.1, -0.05) is 23.8 Å². The number of phenolic OH excluding ortho intramolecular Hbond substituents is 1. The molecular weight excluding hydrogens is 264 g/mol. The molecule has 0 aliphatic heterocycles. The van der Waals surface area contributed by atoms with E-state index < -0.39 is 0 Å². The number of nitrogen functional groups attached to an aromatic ring is 1. The predicted molar refractivity (Wildman–Crippen MR) is 84.1 cm³/mol. The van der Waals surface area contributed by atoms with Gasteiger partial charge in [0, 0.05) is 18.8 Å². The minimum absolute atomic E-state index is 0.0151. The molecule has 0 fully saturated rings. The molecule has 0 saturated heterocycles. The van der Waals surface area contributed by atoms with Gasteiger partial charge in [0.15, 0.2) is 0 Å². The molecule has 1 amide bonds. The first-order valence-corrected chi connectivity index (χ1v) is 6.94. The van der Waals surface area contributed by atoms with E-state index >= 15 is 0 Å². The Hall–Kier alpha value is -2.49. The largest absolute Gasteiger partial charge is 0.507 e. The lowest BCUT2D eigenvalue weighted by molar-refractivity contribution is 0.0749. The Kier molecular flexibility index (Phi) is 4.48. The standard InChI is InChI=1S/C17H20N2O2/c1-3-19(11-13-5-7-14(18)8-6-13)17(21)15-10-12(2)4-9-16(15)20/h4-10,20H,3,11,18H2,1-2H3. The van der Waals surface area contributed by atoms with Crippen molar-refractivity contribution >= 4 is 11.6 Å². The summed E-state index contributed by atoms with van der Waals surface area (Å²) in [4.78, 5) is 14.3. The van der Waals surface area contributed by atoms with Crippen molar-refractivity contribution in [3.63, 3.8) is 0 Å². The lowest BCUT2D eigenvalue weighted by Crippen LogP contribution is -2.30. The third-order valence-corrected chi connectivity index (χ3v) is 3.40. The molecular formula is C17H20N2O2. The molecule has 4 nitrogen and oxygen atoms in total. The highest BCUT2D eigenvalue weighted by Gasteiger charge is 2.18. The Morgan fingerprint density at radius 3 is 2.48 bits per heavy atom.